The fourth-order valence-electron chi connectivity index (χ4n) is 3.41. The van der Waals surface area contributed by atoms with Gasteiger partial charge in [-0.1, -0.05) is 24.3 Å². The molecule has 21 heavy (non-hydrogen) atoms. The Morgan fingerprint density at radius 3 is 2.71 bits per heavy atom. The molecule has 1 atom stereocenters. The van der Waals surface area contributed by atoms with Crippen LogP contribution in [0.3, 0.4) is 0 Å². The van der Waals surface area contributed by atoms with Crippen molar-refractivity contribution in [1.82, 2.24) is 14.8 Å². The van der Waals surface area contributed by atoms with E-state index in [1.165, 1.54) is 17.5 Å². The molecule has 1 aromatic carbocycles. The number of aliphatic hydroxyl groups is 1. The summed E-state index contributed by atoms with van der Waals surface area (Å²) in [5, 5.41) is 18.2. The van der Waals surface area contributed by atoms with Gasteiger partial charge in [-0.15, -0.1) is 10.2 Å². The third kappa shape index (κ3) is 2.48. The SMILES string of the molecule is CC(C)(C)n1c(CO)nnc1C1CCCc2ccccc21. The molecule has 1 aromatic heterocycles. The van der Waals surface area contributed by atoms with Crippen molar-refractivity contribution in [3.05, 3.63) is 47.0 Å². The summed E-state index contributed by atoms with van der Waals surface area (Å²) in [5.41, 5.74) is 2.65. The first-order valence-electron chi connectivity index (χ1n) is 7.65. The molecule has 0 saturated heterocycles. The third-order valence-electron chi connectivity index (χ3n) is 4.25. The molecule has 0 fully saturated rings. The highest BCUT2D eigenvalue weighted by molar-refractivity contribution is 5.36. The summed E-state index contributed by atoms with van der Waals surface area (Å²) in [4.78, 5) is 0. The second kappa shape index (κ2) is 5.26. The van der Waals surface area contributed by atoms with E-state index < -0.39 is 0 Å². The van der Waals surface area contributed by atoms with Crippen LogP contribution in [0, 0.1) is 0 Å². The van der Waals surface area contributed by atoms with Crippen LogP contribution in [0.4, 0.5) is 0 Å². The monoisotopic (exact) mass is 285 g/mol. The van der Waals surface area contributed by atoms with Gasteiger partial charge >= 0.3 is 0 Å². The summed E-state index contributed by atoms with van der Waals surface area (Å²) in [6, 6.07) is 8.63. The fourth-order valence-corrected chi connectivity index (χ4v) is 3.41. The molecular formula is C17H23N3O. The maximum atomic E-state index is 9.57. The molecule has 4 nitrogen and oxygen atoms in total. The fraction of sp³-hybridized carbons (Fsp3) is 0.529. The van der Waals surface area contributed by atoms with Crippen molar-refractivity contribution in [2.24, 2.45) is 0 Å². The van der Waals surface area contributed by atoms with Crippen molar-refractivity contribution in [2.45, 2.75) is 58.1 Å². The van der Waals surface area contributed by atoms with Gasteiger partial charge in [-0.2, -0.15) is 0 Å². The number of aromatic nitrogens is 3. The average Bonchev–Trinajstić information content (AvgIpc) is 2.90. The number of benzene rings is 1. The highest BCUT2D eigenvalue weighted by Crippen LogP contribution is 2.37. The second-order valence-corrected chi connectivity index (χ2v) is 6.78. The number of hydrogen-bond acceptors (Lipinski definition) is 3. The lowest BCUT2D eigenvalue weighted by molar-refractivity contribution is 0.247. The number of aryl methyl sites for hydroxylation is 1. The molecule has 0 radical (unpaired) electrons. The normalized spacial score (nSPS) is 18.6. The highest BCUT2D eigenvalue weighted by atomic mass is 16.3. The molecule has 4 heteroatoms. The van der Waals surface area contributed by atoms with Crippen molar-refractivity contribution < 1.29 is 5.11 Å². The Kier molecular flexibility index (Phi) is 3.57. The smallest absolute Gasteiger partial charge is 0.159 e. The van der Waals surface area contributed by atoms with Gasteiger partial charge in [-0.05, 0) is 51.2 Å². The van der Waals surface area contributed by atoms with Crippen LogP contribution in [-0.2, 0) is 18.6 Å². The van der Waals surface area contributed by atoms with E-state index in [0.29, 0.717) is 5.82 Å². The second-order valence-electron chi connectivity index (χ2n) is 6.78. The molecular weight excluding hydrogens is 262 g/mol. The Balaban J connectivity index is 2.13. The first-order valence-corrected chi connectivity index (χ1v) is 7.65. The minimum Gasteiger partial charge on any atom is -0.388 e. The van der Waals surface area contributed by atoms with E-state index in [4.69, 9.17) is 0 Å². The molecule has 3 rings (SSSR count). The molecule has 0 bridgehead atoms. The quantitative estimate of drug-likeness (QED) is 0.923. The van der Waals surface area contributed by atoms with Crippen molar-refractivity contribution >= 4 is 0 Å². The van der Waals surface area contributed by atoms with Gasteiger partial charge in [0, 0.05) is 11.5 Å². The zero-order valence-corrected chi connectivity index (χ0v) is 13.0. The molecule has 1 aliphatic rings. The lowest BCUT2D eigenvalue weighted by atomic mass is 9.82. The Morgan fingerprint density at radius 2 is 2.00 bits per heavy atom. The topological polar surface area (TPSA) is 50.9 Å². The van der Waals surface area contributed by atoms with E-state index in [1.807, 2.05) is 0 Å². The van der Waals surface area contributed by atoms with Crippen LogP contribution in [0.15, 0.2) is 24.3 Å². The molecule has 1 N–H and O–H groups in total. The van der Waals surface area contributed by atoms with E-state index in [1.54, 1.807) is 0 Å². The van der Waals surface area contributed by atoms with Crippen LogP contribution in [0.25, 0.3) is 0 Å². The van der Waals surface area contributed by atoms with Gasteiger partial charge in [-0.25, -0.2) is 0 Å². The lowest BCUT2D eigenvalue weighted by Crippen LogP contribution is -2.28. The number of hydrogen-bond donors (Lipinski definition) is 1. The van der Waals surface area contributed by atoms with Crippen molar-refractivity contribution in [3.63, 3.8) is 0 Å². The van der Waals surface area contributed by atoms with E-state index in [2.05, 4.69) is 59.8 Å². The zero-order valence-electron chi connectivity index (χ0n) is 13.0. The van der Waals surface area contributed by atoms with Gasteiger partial charge in [0.25, 0.3) is 0 Å². The van der Waals surface area contributed by atoms with Crippen LogP contribution >= 0.6 is 0 Å². The molecule has 0 aliphatic heterocycles. The first kappa shape index (κ1) is 14.3. The van der Waals surface area contributed by atoms with Gasteiger partial charge in [0.15, 0.2) is 5.82 Å². The van der Waals surface area contributed by atoms with Crippen LogP contribution in [-0.4, -0.2) is 19.9 Å². The summed E-state index contributed by atoms with van der Waals surface area (Å²) in [7, 11) is 0. The zero-order chi connectivity index (χ0) is 15.0. The van der Waals surface area contributed by atoms with E-state index in [9.17, 15) is 5.11 Å². The maximum absolute atomic E-state index is 9.57. The van der Waals surface area contributed by atoms with Crippen molar-refractivity contribution in [3.8, 4) is 0 Å². The summed E-state index contributed by atoms with van der Waals surface area (Å²) in [6.45, 7) is 6.33. The summed E-state index contributed by atoms with van der Waals surface area (Å²) >= 11 is 0. The number of aliphatic hydroxyl groups excluding tert-OH is 1. The number of nitrogens with zero attached hydrogens (tertiary/aromatic N) is 3. The summed E-state index contributed by atoms with van der Waals surface area (Å²) in [6.07, 6.45) is 3.41. The molecule has 0 amide bonds. The van der Waals surface area contributed by atoms with Crippen LogP contribution in [0.2, 0.25) is 0 Å². The Labute approximate surface area is 125 Å². The maximum Gasteiger partial charge on any atom is 0.159 e. The predicted molar refractivity (Wildman–Crippen MR) is 82.2 cm³/mol. The third-order valence-corrected chi connectivity index (χ3v) is 4.25. The molecule has 0 saturated carbocycles. The van der Waals surface area contributed by atoms with Gasteiger partial charge in [-0.3, -0.25) is 0 Å². The van der Waals surface area contributed by atoms with E-state index >= 15 is 0 Å². The number of rotatable bonds is 2. The lowest BCUT2D eigenvalue weighted by Gasteiger charge is -2.30. The standard InChI is InChI=1S/C17H23N3O/c1-17(2,3)20-15(11-21)18-19-16(20)14-10-6-8-12-7-4-5-9-13(12)14/h4-5,7,9,14,21H,6,8,10-11H2,1-3H3. The van der Waals surface area contributed by atoms with E-state index in [0.717, 1.165) is 18.7 Å². The Morgan fingerprint density at radius 1 is 1.24 bits per heavy atom. The van der Waals surface area contributed by atoms with Gasteiger partial charge < -0.3 is 9.67 Å². The molecule has 0 spiro atoms. The number of fused-ring (bicyclic) bond motifs is 1. The average molecular weight is 285 g/mol. The minimum absolute atomic E-state index is 0.0708. The summed E-state index contributed by atoms with van der Waals surface area (Å²) < 4.78 is 2.11. The largest absolute Gasteiger partial charge is 0.388 e. The summed E-state index contributed by atoms with van der Waals surface area (Å²) in [5.74, 6) is 1.92. The van der Waals surface area contributed by atoms with Gasteiger partial charge in [0.05, 0.1) is 0 Å². The van der Waals surface area contributed by atoms with Gasteiger partial charge in [0.2, 0.25) is 0 Å². The molecule has 2 aromatic rings. The predicted octanol–water partition coefficient (Wildman–Crippen LogP) is 2.99. The van der Waals surface area contributed by atoms with E-state index in [-0.39, 0.29) is 18.1 Å². The molecule has 1 unspecified atom stereocenters. The Hall–Kier alpha value is -1.68. The van der Waals surface area contributed by atoms with Gasteiger partial charge in [0.1, 0.15) is 12.4 Å². The minimum atomic E-state index is -0.136. The van der Waals surface area contributed by atoms with Crippen LogP contribution < -0.4 is 0 Å². The van der Waals surface area contributed by atoms with Crippen LogP contribution in [0.5, 0.6) is 0 Å². The first-order chi connectivity index (χ1) is 10.0. The van der Waals surface area contributed by atoms with Crippen molar-refractivity contribution in [2.75, 3.05) is 0 Å². The molecule has 1 aliphatic carbocycles. The Bertz CT molecular complexity index is 640. The van der Waals surface area contributed by atoms with Crippen LogP contribution in [0.1, 0.15) is 62.3 Å². The van der Waals surface area contributed by atoms with Crippen molar-refractivity contribution in [1.29, 1.82) is 0 Å². The molecule has 1 heterocycles. The highest BCUT2D eigenvalue weighted by Gasteiger charge is 2.30. The molecule has 112 valence electrons.